The first-order valence-electron chi connectivity index (χ1n) is 6.81. The molecule has 0 aliphatic carbocycles. The predicted octanol–water partition coefficient (Wildman–Crippen LogP) is 1.51. The van der Waals surface area contributed by atoms with E-state index in [-0.39, 0.29) is 23.9 Å². The van der Waals surface area contributed by atoms with Crippen LogP contribution in [0.1, 0.15) is 13.3 Å². The van der Waals surface area contributed by atoms with Crippen LogP contribution in [-0.4, -0.2) is 38.6 Å². The number of nitrogens with one attached hydrogen (secondary N) is 1. The second-order valence-corrected chi connectivity index (χ2v) is 8.04. The van der Waals surface area contributed by atoms with E-state index in [1.807, 2.05) is 0 Å². The molecule has 1 heterocycles. The molecule has 2 aromatic rings. The first kappa shape index (κ1) is 18.1. The normalized spacial score (nSPS) is 13.2. The molecule has 2 rings (SSSR count). The molecule has 0 saturated carbocycles. The van der Waals surface area contributed by atoms with Gasteiger partial charge in [-0.05, 0) is 31.5 Å². The fraction of sp³-hybridized carbons (Fsp3) is 0.385. The van der Waals surface area contributed by atoms with Crippen molar-refractivity contribution in [3.63, 3.8) is 0 Å². The van der Waals surface area contributed by atoms with Crippen LogP contribution < -0.4 is 10.5 Å². The molecule has 0 aliphatic heterocycles. The zero-order valence-electron chi connectivity index (χ0n) is 12.3. The summed E-state index contributed by atoms with van der Waals surface area (Å²) in [5.74, 6) is -0.554. The first-order chi connectivity index (χ1) is 10.8. The Labute approximate surface area is 142 Å². The Bertz CT molecular complexity index is 807. The third-order valence-electron chi connectivity index (χ3n) is 2.90. The van der Waals surface area contributed by atoms with Crippen molar-refractivity contribution in [1.82, 2.24) is 9.71 Å². The lowest BCUT2D eigenvalue weighted by molar-refractivity contribution is -0.144. The molecule has 0 spiro atoms. The minimum absolute atomic E-state index is 0.0129. The lowest BCUT2D eigenvalue weighted by Gasteiger charge is -2.10. The van der Waals surface area contributed by atoms with E-state index >= 15 is 0 Å². The van der Waals surface area contributed by atoms with Gasteiger partial charge in [0.25, 0.3) is 10.0 Å². The maximum Gasteiger partial charge on any atom is 0.322 e. The van der Waals surface area contributed by atoms with Crippen LogP contribution in [0.3, 0.4) is 0 Å². The van der Waals surface area contributed by atoms with Crippen LogP contribution in [0.25, 0.3) is 10.2 Å². The summed E-state index contributed by atoms with van der Waals surface area (Å²) in [5, 5.41) is 0.486. The van der Waals surface area contributed by atoms with Crippen LogP contribution in [0, 0.1) is 0 Å². The number of nitrogens with two attached hydrogens (primary N) is 1. The van der Waals surface area contributed by atoms with Gasteiger partial charge >= 0.3 is 5.97 Å². The van der Waals surface area contributed by atoms with Gasteiger partial charge in [-0.3, -0.25) is 4.79 Å². The van der Waals surface area contributed by atoms with Crippen molar-refractivity contribution < 1.29 is 17.9 Å². The second kappa shape index (κ2) is 7.54. The van der Waals surface area contributed by atoms with Crippen LogP contribution in [0.2, 0.25) is 5.02 Å². The summed E-state index contributed by atoms with van der Waals surface area (Å²) in [6.45, 7) is 1.91. The molecular weight excluding hydrogens is 362 g/mol. The molecule has 0 amide bonds. The van der Waals surface area contributed by atoms with Crippen molar-refractivity contribution in [2.24, 2.45) is 5.73 Å². The van der Waals surface area contributed by atoms with E-state index in [0.717, 1.165) is 16.0 Å². The SMILES string of the molecule is CCOC(=O)C(N)CCNS(=O)(=O)c1nc2cc(Cl)ccc2s1. The quantitative estimate of drug-likeness (QED) is 0.707. The number of carbonyl (C=O) groups is 1. The van der Waals surface area contributed by atoms with E-state index in [9.17, 15) is 13.2 Å². The Hall–Kier alpha value is -1.26. The minimum Gasteiger partial charge on any atom is -0.465 e. The average molecular weight is 378 g/mol. The lowest BCUT2D eigenvalue weighted by atomic mass is 10.2. The number of benzene rings is 1. The number of rotatable bonds is 7. The fourth-order valence-corrected chi connectivity index (χ4v) is 4.23. The van der Waals surface area contributed by atoms with Crippen molar-refractivity contribution in [1.29, 1.82) is 0 Å². The van der Waals surface area contributed by atoms with Crippen LogP contribution in [0.15, 0.2) is 22.5 Å². The summed E-state index contributed by atoms with van der Waals surface area (Å²) in [4.78, 5) is 15.4. The highest BCUT2D eigenvalue weighted by Crippen LogP contribution is 2.27. The molecule has 0 bridgehead atoms. The van der Waals surface area contributed by atoms with Gasteiger partial charge in [-0.25, -0.2) is 18.1 Å². The number of hydrogen-bond donors (Lipinski definition) is 2. The number of ether oxygens (including phenoxy) is 1. The number of halogens is 1. The molecule has 126 valence electrons. The minimum atomic E-state index is -3.76. The molecule has 0 radical (unpaired) electrons. The Balaban J connectivity index is 2.02. The van der Waals surface area contributed by atoms with E-state index in [1.54, 1.807) is 25.1 Å². The Morgan fingerprint density at radius 3 is 2.96 bits per heavy atom. The number of hydrogen-bond acceptors (Lipinski definition) is 7. The van der Waals surface area contributed by atoms with E-state index in [2.05, 4.69) is 9.71 Å². The van der Waals surface area contributed by atoms with Gasteiger partial charge in [0.15, 0.2) is 0 Å². The van der Waals surface area contributed by atoms with E-state index < -0.39 is 22.0 Å². The van der Waals surface area contributed by atoms with Gasteiger partial charge in [0.05, 0.1) is 16.8 Å². The molecule has 0 aliphatic rings. The van der Waals surface area contributed by atoms with Gasteiger partial charge < -0.3 is 10.5 Å². The van der Waals surface area contributed by atoms with Crippen LogP contribution >= 0.6 is 22.9 Å². The van der Waals surface area contributed by atoms with Crippen molar-refractivity contribution in [3.8, 4) is 0 Å². The Morgan fingerprint density at radius 1 is 1.52 bits per heavy atom. The van der Waals surface area contributed by atoms with E-state index in [0.29, 0.717) is 10.5 Å². The summed E-state index contributed by atoms with van der Waals surface area (Å²) in [5.41, 5.74) is 6.13. The molecule has 1 atom stereocenters. The summed E-state index contributed by atoms with van der Waals surface area (Å²) >= 11 is 6.90. The number of carbonyl (C=O) groups excluding carboxylic acids is 1. The number of thiazole rings is 1. The highest BCUT2D eigenvalue weighted by molar-refractivity contribution is 7.91. The van der Waals surface area contributed by atoms with E-state index in [1.165, 1.54) is 0 Å². The summed E-state index contributed by atoms with van der Waals surface area (Å²) in [7, 11) is -3.76. The number of sulfonamides is 1. The second-order valence-electron chi connectivity index (χ2n) is 4.64. The molecule has 10 heteroatoms. The van der Waals surface area contributed by atoms with Crippen LogP contribution in [-0.2, 0) is 19.6 Å². The number of aromatic nitrogens is 1. The van der Waals surface area contributed by atoms with Gasteiger partial charge in [0.2, 0.25) is 4.34 Å². The molecular formula is C13H16ClN3O4S2. The Kier molecular flexibility index (Phi) is 5.93. The smallest absolute Gasteiger partial charge is 0.322 e. The van der Waals surface area contributed by atoms with Crippen molar-refractivity contribution in [3.05, 3.63) is 23.2 Å². The van der Waals surface area contributed by atoms with Crippen molar-refractivity contribution in [2.75, 3.05) is 13.2 Å². The predicted molar refractivity (Wildman–Crippen MR) is 89.0 cm³/mol. The van der Waals surface area contributed by atoms with Gasteiger partial charge in [0.1, 0.15) is 6.04 Å². The maximum atomic E-state index is 12.2. The maximum absolute atomic E-state index is 12.2. The topological polar surface area (TPSA) is 111 Å². The molecule has 1 unspecified atom stereocenters. The number of nitrogens with zero attached hydrogens (tertiary/aromatic N) is 1. The van der Waals surface area contributed by atoms with Crippen molar-refractivity contribution in [2.45, 2.75) is 23.7 Å². The van der Waals surface area contributed by atoms with E-state index in [4.69, 9.17) is 22.1 Å². The monoisotopic (exact) mass is 377 g/mol. The molecule has 1 aromatic carbocycles. The Morgan fingerprint density at radius 2 is 2.26 bits per heavy atom. The highest BCUT2D eigenvalue weighted by atomic mass is 35.5. The largest absolute Gasteiger partial charge is 0.465 e. The standard InChI is InChI=1S/C13H16ClN3O4S2/c1-2-21-12(18)9(15)5-6-16-23(19,20)13-17-10-7-8(14)3-4-11(10)22-13/h3-4,7,9,16H,2,5-6,15H2,1H3. The highest BCUT2D eigenvalue weighted by Gasteiger charge is 2.21. The number of fused-ring (bicyclic) bond motifs is 1. The molecule has 0 saturated heterocycles. The third kappa shape index (κ3) is 4.61. The van der Waals surface area contributed by atoms with Gasteiger partial charge in [-0.1, -0.05) is 11.6 Å². The molecule has 3 N–H and O–H groups in total. The molecule has 1 aromatic heterocycles. The fourth-order valence-electron chi connectivity index (χ4n) is 1.77. The summed E-state index contributed by atoms with van der Waals surface area (Å²) < 4.78 is 32.2. The molecule has 7 nitrogen and oxygen atoms in total. The van der Waals surface area contributed by atoms with Crippen LogP contribution in [0.5, 0.6) is 0 Å². The van der Waals surface area contributed by atoms with Gasteiger partial charge in [-0.15, -0.1) is 11.3 Å². The number of esters is 1. The molecule has 23 heavy (non-hydrogen) atoms. The average Bonchev–Trinajstić information content (AvgIpc) is 2.91. The van der Waals surface area contributed by atoms with Gasteiger partial charge in [-0.2, -0.15) is 0 Å². The molecule has 0 fully saturated rings. The first-order valence-corrected chi connectivity index (χ1v) is 9.49. The summed E-state index contributed by atoms with van der Waals surface area (Å²) in [6.07, 6.45) is 0.134. The van der Waals surface area contributed by atoms with Gasteiger partial charge in [0, 0.05) is 11.6 Å². The lowest BCUT2D eigenvalue weighted by Crippen LogP contribution is -2.36. The van der Waals surface area contributed by atoms with Crippen molar-refractivity contribution >= 4 is 49.1 Å². The zero-order chi connectivity index (χ0) is 17.0. The zero-order valence-corrected chi connectivity index (χ0v) is 14.7. The third-order valence-corrected chi connectivity index (χ3v) is 6.01. The van der Waals surface area contributed by atoms with Crippen LogP contribution in [0.4, 0.5) is 0 Å². The summed E-state index contributed by atoms with van der Waals surface area (Å²) in [6, 6.07) is 4.12.